The second-order valence-corrected chi connectivity index (χ2v) is 7.08. The minimum atomic E-state index is -5.06. The molecule has 11 heteroatoms. The van der Waals surface area contributed by atoms with Crippen LogP contribution in [0.4, 0.5) is 17.6 Å². The number of carbonyl (C=O) groups excluding carboxylic acids is 1. The number of aromatic amines is 1. The summed E-state index contributed by atoms with van der Waals surface area (Å²) in [5.41, 5.74) is 1.90. The monoisotopic (exact) mass is 461 g/mol. The van der Waals surface area contributed by atoms with Gasteiger partial charge in [-0.15, -0.1) is 13.2 Å². The Morgan fingerprint density at radius 1 is 1.18 bits per heavy atom. The molecule has 33 heavy (non-hydrogen) atoms. The molecule has 2 N–H and O–H groups in total. The molecule has 0 unspecified atom stereocenters. The number of amides is 1. The summed E-state index contributed by atoms with van der Waals surface area (Å²) in [6.45, 7) is 1.72. The van der Waals surface area contributed by atoms with Crippen molar-refractivity contribution in [2.75, 3.05) is 0 Å². The number of ether oxygens (including phenoxy) is 1. The van der Waals surface area contributed by atoms with E-state index in [-0.39, 0.29) is 16.7 Å². The van der Waals surface area contributed by atoms with Crippen LogP contribution >= 0.6 is 0 Å². The highest BCUT2D eigenvalue weighted by Gasteiger charge is 2.33. The van der Waals surface area contributed by atoms with E-state index < -0.39 is 35.6 Å². The Labute approximate surface area is 183 Å². The van der Waals surface area contributed by atoms with Crippen LogP contribution in [0.1, 0.15) is 33.2 Å². The standard InChI is InChI=1S/C22H15F4N3O4/c1-11-3-2-8-27-18(11)19(12-4-6-16(14(23)9-12)33-22(24,25)26)29-20(30)13-5-7-17-15(10-13)28-21(31)32-17/h2-10,19H,1H3,(H,28,31)(H,29,30)/t19-/m0/s1. The Morgan fingerprint density at radius 3 is 2.67 bits per heavy atom. The molecule has 0 aliphatic heterocycles. The number of fused-ring (bicyclic) bond motifs is 1. The van der Waals surface area contributed by atoms with Crippen LogP contribution in [0, 0.1) is 12.7 Å². The summed E-state index contributed by atoms with van der Waals surface area (Å²) >= 11 is 0. The smallest absolute Gasteiger partial charge is 0.408 e. The number of alkyl halides is 3. The molecule has 0 fully saturated rings. The van der Waals surface area contributed by atoms with E-state index in [0.29, 0.717) is 16.8 Å². The molecule has 2 heterocycles. The molecule has 0 aliphatic carbocycles. The van der Waals surface area contributed by atoms with Gasteiger partial charge in [0.15, 0.2) is 17.1 Å². The molecule has 1 amide bonds. The van der Waals surface area contributed by atoms with Crippen LogP contribution in [0.15, 0.2) is 63.9 Å². The minimum absolute atomic E-state index is 0.148. The lowest BCUT2D eigenvalue weighted by atomic mass is 9.99. The topological polar surface area (TPSA) is 97.2 Å². The first-order chi connectivity index (χ1) is 15.6. The van der Waals surface area contributed by atoms with Crippen molar-refractivity contribution in [1.29, 1.82) is 0 Å². The zero-order valence-electron chi connectivity index (χ0n) is 16.9. The van der Waals surface area contributed by atoms with Crippen LogP contribution in [-0.4, -0.2) is 22.2 Å². The van der Waals surface area contributed by atoms with Crippen LogP contribution in [0.3, 0.4) is 0 Å². The van der Waals surface area contributed by atoms with Crippen molar-refractivity contribution in [3.63, 3.8) is 0 Å². The average Bonchev–Trinajstić information content (AvgIpc) is 3.12. The summed E-state index contributed by atoms with van der Waals surface area (Å²) in [6, 6.07) is 9.55. The summed E-state index contributed by atoms with van der Waals surface area (Å²) in [5.74, 6) is -3.52. The number of hydrogen-bond donors (Lipinski definition) is 2. The van der Waals surface area contributed by atoms with Crippen LogP contribution in [0.2, 0.25) is 0 Å². The highest BCUT2D eigenvalue weighted by atomic mass is 19.4. The molecular weight excluding hydrogens is 446 g/mol. The van der Waals surface area contributed by atoms with Gasteiger partial charge in [0, 0.05) is 11.8 Å². The zero-order valence-corrected chi connectivity index (χ0v) is 16.9. The molecule has 0 radical (unpaired) electrons. The Morgan fingerprint density at radius 2 is 1.97 bits per heavy atom. The predicted octanol–water partition coefficient (Wildman–Crippen LogP) is 4.38. The zero-order chi connectivity index (χ0) is 23.8. The fourth-order valence-corrected chi connectivity index (χ4v) is 3.32. The van der Waals surface area contributed by atoms with Gasteiger partial charge in [0.2, 0.25) is 0 Å². The fourth-order valence-electron chi connectivity index (χ4n) is 3.32. The Hall–Kier alpha value is -4.15. The number of carbonyl (C=O) groups is 1. The molecule has 0 aliphatic rings. The van der Waals surface area contributed by atoms with E-state index in [4.69, 9.17) is 4.42 Å². The van der Waals surface area contributed by atoms with Crippen molar-refractivity contribution < 1.29 is 31.5 Å². The van der Waals surface area contributed by atoms with E-state index in [0.717, 1.165) is 12.1 Å². The molecule has 170 valence electrons. The number of oxazole rings is 1. The number of aromatic nitrogens is 2. The molecule has 2 aromatic carbocycles. The maximum Gasteiger partial charge on any atom is 0.573 e. The summed E-state index contributed by atoms with van der Waals surface area (Å²) < 4.78 is 60.4. The Kier molecular flexibility index (Phi) is 5.62. The molecule has 7 nitrogen and oxygen atoms in total. The molecular formula is C22H15F4N3O4. The van der Waals surface area contributed by atoms with Crippen molar-refractivity contribution in [1.82, 2.24) is 15.3 Å². The lowest BCUT2D eigenvalue weighted by Crippen LogP contribution is -2.30. The number of nitrogens with one attached hydrogen (secondary N) is 2. The first-order valence-electron chi connectivity index (χ1n) is 9.51. The van der Waals surface area contributed by atoms with E-state index in [1.165, 1.54) is 30.5 Å². The summed E-state index contributed by atoms with van der Waals surface area (Å²) in [4.78, 5) is 31.0. The van der Waals surface area contributed by atoms with Gasteiger partial charge in [0.05, 0.1) is 17.3 Å². The number of H-pyrrole nitrogens is 1. The number of aryl methyl sites for hydroxylation is 1. The molecule has 0 saturated carbocycles. The van der Waals surface area contributed by atoms with Gasteiger partial charge in [-0.3, -0.25) is 14.8 Å². The number of halogens is 4. The normalized spacial score (nSPS) is 12.5. The molecule has 0 saturated heterocycles. The fraction of sp³-hybridized carbons (Fsp3) is 0.136. The third-order valence-electron chi connectivity index (χ3n) is 4.79. The number of pyridine rings is 1. The second kappa shape index (κ2) is 8.41. The molecule has 0 spiro atoms. The summed E-state index contributed by atoms with van der Waals surface area (Å²) in [6.07, 6.45) is -3.58. The summed E-state index contributed by atoms with van der Waals surface area (Å²) in [7, 11) is 0. The molecule has 1 atom stereocenters. The van der Waals surface area contributed by atoms with E-state index in [1.54, 1.807) is 19.1 Å². The predicted molar refractivity (Wildman–Crippen MR) is 108 cm³/mol. The van der Waals surface area contributed by atoms with Gasteiger partial charge >= 0.3 is 12.1 Å². The first-order valence-corrected chi connectivity index (χ1v) is 9.51. The molecule has 4 rings (SSSR count). The van der Waals surface area contributed by atoms with Gasteiger partial charge in [-0.25, -0.2) is 9.18 Å². The maximum absolute atomic E-state index is 14.4. The number of rotatable bonds is 5. The lowest BCUT2D eigenvalue weighted by molar-refractivity contribution is -0.275. The van der Waals surface area contributed by atoms with E-state index >= 15 is 0 Å². The SMILES string of the molecule is Cc1cccnc1[C@@H](NC(=O)c1ccc2oc(=O)[nH]c2c1)c1ccc(OC(F)(F)F)c(F)c1. The van der Waals surface area contributed by atoms with Gasteiger partial charge in [0.1, 0.15) is 0 Å². The lowest BCUT2D eigenvalue weighted by Gasteiger charge is -2.21. The minimum Gasteiger partial charge on any atom is -0.408 e. The highest BCUT2D eigenvalue weighted by molar-refractivity contribution is 5.97. The third kappa shape index (κ3) is 4.86. The number of nitrogens with zero attached hydrogens (tertiary/aromatic N) is 1. The number of benzene rings is 2. The van der Waals surface area contributed by atoms with Crippen molar-refractivity contribution in [3.05, 3.63) is 93.5 Å². The van der Waals surface area contributed by atoms with Gasteiger partial charge in [-0.05, 0) is 54.4 Å². The summed E-state index contributed by atoms with van der Waals surface area (Å²) in [5, 5.41) is 2.72. The maximum atomic E-state index is 14.4. The molecule has 2 aromatic heterocycles. The van der Waals surface area contributed by atoms with E-state index in [1.807, 2.05) is 0 Å². The van der Waals surface area contributed by atoms with Crippen molar-refractivity contribution >= 4 is 17.0 Å². The molecule has 0 bridgehead atoms. The Balaban J connectivity index is 1.71. The van der Waals surface area contributed by atoms with Crippen molar-refractivity contribution in [2.24, 2.45) is 0 Å². The van der Waals surface area contributed by atoms with Crippen LogP contribution < -0.4 is 15.8 Å². The van der Waals surface area contributed by atoms with Crippen LogP contribution in [0.5, 0.6) is 5.75 Å². The van der Waals surface area contributed by atoms with E-state index in [2.05, 4.69) is 20.0 Å². The largest absolute Gasteiger partial charge is 0.573 e. The van der Waals surface area contributed by atoms with Gasteiger partial charge in [-0.1, -0.05) is 12.1 Å². The van der Waals surface area contributed by atoms with Crippen molar-refractivity contribution in [2.45, 2.75) is 19.3 Å². The average molecular weight is 461 g/mol. The second-order valence-electron chi connectivity index (χ2n) is 7.08. The van der Waals surface area contributed by atoms with Crippen LogP contribution in [0.25, 0.3) is 11.1 Å². The van der Waals surface area contributed by atoms with E-state index in [9.17, 15) is 27.2 Å². The van der Waals surface area contributed by atoms with Gasteiger partial charge in [0.25, 0.3) is 5.91 Å². The van der Waals surface area contributed by atoms with Crippen molar-refractivity contribution in [3.8, 4) is 5.75 Å². The molecule has 4 aromatic rings. The number of hydrogen-bond acceptors (Lipinski definition) is 5. The van der Waals surface area contributed by atoms with Gasteiger partial charge < -0.3 is 14.5 Å². The first kappa shape index (κ1) is 22.1. The highest BCUT2D eigenvalue weighted by Crippen LogP contribution is 2.30. The third-order valence-corrected chi connectivity index (χ3v) is 4.79. The van der Waals surface area contributed by atoms with Gasteiger partial charge in [-0.2, -0.15) is 0 Å². The quantitative estimate of drug-likeness (QED) is 0.430. The Bertz CT molecular complexity index is 1390. The van der Waals surface area contributed by atoms with Crippen LogP contribution in [-0.2, 0) is 0 Å².